The fourth-order valence-corrected chi connectivity index (χ4v) is 4.14. The van der Waals surface area contributed by atoms with Crippen LogP contribution in [0.5, 0.6) is 0 Å². The van der Waals surface area contributed by atoms with Crippen molar-refractivity contribution in [2.24, 2.45) is 0 Å². The van der Waals surface area contributed by atoms with E-state index >= 15 is 0 Å². The maximum absolute atomic E-state index is 13.1. The first-order valence-corrected chi connectivity index (χ1v) is 11.0. The molecule has 156 valence electrons. The average molecular weight is 430 g/mol. The summed E-state index contributed by atoms with van der Waals surface area (Å²) in [7, 11) is 0. The summed E-state index contributed by atoms with van der Waals surface area (Å²) in [6, 6.07) is 23.9. The highest BCUT2D eigenvalue weighted by Crippen LogP contribution is 2.27. The maximum Gasteiger partial charge on any atom is 0.272 e. The lowest BCUT2D eigenvalue weighted by Gasteiger charge is -2.19. The van der Waals surface area contributed by atoms with Crippen LogP contribution in [0.4, 0.5) is 0 Å². The second-order valence-electron chi connectivity index (χ2n) is 7.55. The van der Waals surface area contributed by atoms with Crippen LogP contribution in [0.3, 0.4) is 0 Å². The molecule has 1 N–H and O–H groups in total. The van der Waals surface area contributed by atoms with Gasteiger partial charge in [0.25, 0.3) is 11.5 Å². The van der Waals surface area contributed by atoms with Crippen LogP contribution >= 0.6 is 11.3 Å². The van der Waals surface area contributed by atoms with Crippen molar-refractivity contribution in [3.63, 3.8) is 0 Å². The third-order valence-electron chi connectivity index (χ3n) is 5.07. The molecule has 1 atom stereocenters. The average Bonchev–Trinajstić information content (AvgIpc) is 3.33. The monoisotopic (exact) mass is 429 g/mol. The van der Waals surface area contributed by atoms with E-state index in [1.165, 1.54) is 22.4 Å². The molecule has 31 heavy (non-hydrogen) atoms. The number of rotatable bonds is 6. The normalized spacial score (nSPS) is 12.0. The molecule has 6 heteroatoms. The van der Waals surface area contributed by atoms with Gasteiger partial charge in [0.2, 0.25) is 0 Å². The van der Waals surface area contributed by atoms with E-state index in [9.17, 15) is 9.59 Å². The van der Waals surface area contributed by atoms with Crippen molar-refractivity contribution in [2.45, 2.75) is 25.8 Å². The van der Waals surface area contributed by atoms with Crippen LogP contribution in [0.25, 0.3) is 5.69 Å². The van der Waals surface area contributed by atoms with Crippen molar-refractivity contribution in [2.75, 3.05) is 0 Å². The number of benzene rings is 2. The molecular weight excluding hydrogens is 406 g/mol. The minimum absolute atomic E-state index is 0.184. The van der Waals surface area contributed by atoms with Gasteiger partial charge in [-0.1, -0.05) is 62.4 Å². The third kappa shape index (κ3) is 4.64. The largest absolute Gasteiger partial charge is 0.339 e. The predicted octanol–water partition coefficient (Wildman–Crippen LogP) is 4.94. The molecule has 0 spiro atoms. The summed E-state index contributed by atoms with van der Waals surface area (Å²) in [6.07, 6.45) is 0. The second-order valence-corrected chi connectivity index (χ2v) is 8.53. The zero-order valence-electron chi connectivity index (χ0n) is 17.4. The van der Waals surface area contributed by atoms with Crippen LogP contribution in [0.2, 0.25) is 0 Å². The summed E-state index contributed by atoms with van der Waals surface area (Å²) in [5.74, 6) is 0.100. The lowest BCUT2D eigenvalue weighted by Crippen LogP contribution is -2.32. The van der Waals surface area contributed by atoms with Crippen LogP contribution in [-0.2, 0) is 0 Å². The Hall–Kier alpha value is -3.51. The quantitative estimate of drug-likeness (QED) is 0.472. The van der Waals surface area contributed by atoms with E-state index in [2.05, 4.69) is 48.5 Å². The molecule has 0 bridgehead atoms. The lowest BCUT2D eigenvalue weighted by atomic mass is 9.98. The number of carbonyl (C=O) groups is 1. The Balaban J connectivity index is 1.65. The van der Waals surface area contributed by atoms with Crippen molar-refractivity contribution in [1.29, 1.82) is 0 Å². The van der Waals surface area contributed by atoms with Crippen LogP contribution in [-0.4, -0.2) is 15.7 Å². The smallest absolute Gasteiger partial charge is 0.272 e. The number of hydrogen-bond donors (Lipinski definition) is 1. The Kier molecular flexibility index (Phi) is 6.09. The van der Waals surface area contributed by atoms with Crippen molar-refractivity contribution in [3.8, 4) is 5.69 Å². The molecular formula is C25H23N3O2S. The van der Waals surface area contributed by atoms with Crippen LogP contribution < -0.4 is 10.9 Å². The van der Waals surface area contributed by atoms with Gasteiger partial charge in [0.05, 0.1) is 11.7 Å². The van der Waals surface area contributed by atoms with Gasteiger partial charge in [0, 0.05) is 10.9 Å². The zero-order valence-corrected chi connectivity index (χ0v) is 18.2. The molecule has 2 aromatic heterocycles. The van der Waals surface area contributed by atoms with E-state index in [1.807, 2.05) is 35.7 Å². The molecule has 5 nitrogen and oxygen atoms in total. The van der Waals surface area contributed by atoms with Crippen LogP contribution in [0.15, 0.2) is 89.0 Å². The van der Waals surface area contributed by atoms with Gasteiger partial charge in [0.15, 0.2) is 0 Å². The van der Waals surface area contributed by atoms with E-state index in [1.54, 1.807) is 23.5 Å². The first-order valence-electron chi connectivity index (χ1n) is 10.1. The Morgan fingerprint density at radius 3 is 2.26 bits per heavy atom. The van der Waals surface area contributed by atoms with Gasteiger partial charge < -0.3 is 5.32 Å². The first kappa shape index (κ1) is 20.8. The van der Waals surface area contributed by atoms with Crippen molar-refractivity contribution < 1.29 is 4.79 Å². The second kappa shape index (κ2) is 9.10. The van der Waals surface area contributed by atoms with Crippen molar-refractivity contribution in [3.05, 3.63) is 116 Å². The fraction of sp³-hybridized carbons (Fsp3) is 0.160. The minimum atomic E-state index is -0.337. The summed E-state index contributed by atoms with van der Waals surface area (Å²) in [6.45, 7) is 4.31. The Morgan fingerprint density at radius 2 is 1.61 bits per heavy atom. The predicted molar refractivity (Wildman–Crippen MR) is 124 cm³/mol. The number of aromatic nitrogens is 2. The van der Waals surface area contributed by atoms with Gasteiger partial charge in [-0.15, -0.1) is 11.3 Å². The molecule has 0 aliphatic rings. The molecule has 0 fully saturated rings. The van der Waals surface area contributed by atoms with Gasteiger partial charge in [-0.3, -0.25) is 9.59 Å². The minimum Gasteiger partial charge on any atom is -0.339 e. The number of nitrogens with one attached hydrogen (secondary N) is 1. The molecule has 1 amide bonds. The van der Waals surface area contributed by atoms with E-state index in [0.717, 1.165) is 10.4 Å². The summed E-state index contributed by atoms with van der Waals surface area (Å²) in [5, 5.41) is 9.39. The van der Waals surface area contributed by atoms with Crippen molar-refractivity contribution in [1.82, 2.24) is 15.1 Å². The van der Waals surface area contributed by atoms with E-state index in [4.69, 9.17) is 0 Å². The molecule has 0 radical (unpaired) electrons. The van der Waals surface area contributed by atoms with Gasteiger partial charge in [-0.05, 0) is 46.7 Å². The highest BCUT2D eigenvalue weighted by atomic mass is 32.1. The number of para-hydroxylation sites is 1. The molecule has 4 rings (SSSR count). The third-order valence-corrected chi connectivity index (χ3v) is 6.01. The summed E-state index contributed by atoms with van der Waals surface area (Å²) in [5.41, 5.74) is 2.75. The number of thiophene rings is 1. The fourth-order valence-electron chi connectivity index (χ4n) is 3.34. The molecule has 0 saturated heterocycles. The van der Waals surface area contributed by atoms with Gasteiger partial charge in [-0.25, -0.2) is 0 Å². The molecule has 0 aliphatic heterocycles. The van der Waals surface area contributed by atoms with E-state index in [0.29, 0.717) is 11.6 Å². The SMILES string of the molecule is CC(C)c1ccc(C(NC(=O)c2ccc(=O)n(-c3ccccc3)n2)c2cccs2)cc1. The number of nitrogens with zero attached hydrogens (tertiary/aromatic N) is 2. The first-order chi connectivity index (χ1) is 15.0. The number of amides is 1. The summed E-state index contributed by atoms with van der Waals surface area (Å²) in [4.78, 5) is 26.4. The van der Waals surface area contributed by atoms with Crippen molar-refractivity contribution >= 4 is 17.2 Å². The number of carbonyl (C=O) groups excluding carboxylic acids is 1. The van der Waals surface area contributed by atoms with Gasteiger partial charge >= 0.3 is 0 Å². The van der Waals surface area contributed by atoms with Gasteiger partial charge in [0.1, 0.15) is 5.69 Å². The summed E-state index contributed by atoms with van der Waals surface area (Å²) < 4.78 is 1.24. The highest BCUT2D eigenvalue weighted by Gasteiger charge is 2.20. The van der Waals surface area contributed by atoms with Gasteiger partial charge in [-0.2, -0.15) is 9.78 Å². The highest BCUT2D eigenvalue weighted by molar-refractivity contribution is 7.10. The molecule has 1 unspecified atom stereocenters. The Bertz CT molecular complexity index is 1210. The van der Waals surface area contributed by atoms with E-state index < -0.39 is 0 Å². The Morgan fingerprint density at radius 1 is 0.903 bits per heavy atom. The lowest BCUT2D eigenvalue weighted by molar-refractivity contribution is 0.0936. The maximum atomic E-state index is 13.1. The van der Waals surface area contributed by atoms with E-state index in [-0.39, 0.29) is 23.2 Å². The molecule has 2 heterocycles. The van der Waals surface area contributed by atoms with Crippen LogP contribution in [0, 0.1) is 0 Å². The summed E-state index contributed by atoms with van der Waals surface area (Å²) >= 11 is 1.59. The topological polar surface area (TPSA) is 64.0 Å². The standard InChI is InChI=1S/C25H23N3O2S/c1-17(2)18-10-12-19(13-11-18)24(22-9-6-16-31-22)26-25(30)21-14-15-23(29)28(27-21)20-7-4-3-5-8-20/h3-17,24H,1-2H3,(H,26,30). The number of hydrogen-bond acceptors (Lipinski definition) is 4. The molecule has 2 aromatic carbocycles. The molecule has 4 aromatic rings. The Labute approximate surface area is 185 Å². The van der Waals surface area contributed by atoms with Crippen LogP contribution in [0.1, 0.15) is 52.3 Å². The zero-order chi connectivity index (χ0) is 21.8. The molecule has 0 saturated carbocycles. The molecule has 0 aliphatic carbocycles.